The zero-order valence-corrected chi connectivity index (χ0v) is 44.0. The van der Waals surface area contributed by atoms with E-state index in [4.69, 9.17) is 58.3 Å². The van der Waals surface area contributed by atoms with Gasteiger partial charge in [-0.3, -0.25) is 9.59 Å². The van der Waals surface area contributed by atoms with Crippen LogP contribution in [-0.2, 0) is 28.4 Å². The van der Waals surface area contributed by atoms with Crippen LogP contribution in [0.2, 0.25) is 5.02 Å². The Kier molecular flexibility index (Phi) is 14.7. The van der Waals surface area contributed by atoms with Gasteiger partial charge in [0.25, 0.3) is 11.8 Å². The van der Waals surface area contributed by atoms with Gasteiger partial charge in [0.15, 0.2) is 40.7 Å². The third-order valence-electron chi connectivity index (χ3n) is 13.4. The van der Waals surface area contributed by atoms with Gasteiger partial charge in [-0.15, -0.1) is 0 Å². The summed E-state index contributed by atoms with van der Waals surface area (Å²) >= 11 is 6.51. The zero-order chi connectivity index (χ0) is 56.3. The van der Waals surface area contributed by atoms with Gasteiger partial charge in [0.2, 0.25) is 12.6 Å². The number of carbonyl (C=O) groups excluding carboxylic acids is 4. The molecule has 7 heterocycles. The van der Waals surface area contributed by atoms with Crippen LogP contribution in [0.5, 0.6) is 23.0 Å². The predicted octanol–water partition coefficient (Wildman–Crippen LogP) is 6.64. The summed E-state index contributed by atoms with van der Waals surface area (Å²) in [5.74, 6) is -4.77. The van der Waals surface area contributed by atoms with E-state index in [1.165, 1.54) is 57.5 Å². The fraction of sp³-hybridized carbons (Fsp3) is 0.358. The summed E-state index contributed by atoms with van der Waals surface area (Å²) < 4.78 is 58.1. The molecule has 7 atom stereocenters. The highest BCUT2D eigenvalue weighted by Crippen LogP contribution is 2.41. The number of halogens is 1. The Morgan fingerprint density at radius 1 is 0.718 bits per heavy atom. The van der Waals surface area contributed by atoms with Gasteiger partial charge >= 0.3 is 23.2 Å². The molecule has 412 valence electrons. The highest BCUT2D eigenvalue weighted by molar-refractivity contribution is 6.35. The number of fused-ring (bicyclic) bond motifs is 2. The molecule has 0 saturated carbocycles. The number of aromatic hydroxyl groups is 2. The number of ether oxygens (including phenoxy) is 8. The van der Waals surface area contributed by atoms with E-state index >= 15 is 0 Å². The normalized spacial score (nSPS) is 21.7. The van der Waals surface area contributed by atoms with Crippen LogP contribution in [0.1, 0.15) is 92.9 Å². The van der Waals surface area contributed by atoms with Gasteiger partial charge in [-0.05, 0) is 96.5 Å². The molecule has 78 heavy (non-hydrogen) atoms. The molecule has 0 aliphatic carbocycles. The lowest BCUT2D eigenvalue weighted by Crippen LogP contribution is -2.65. The SMILES string of the molecule is CO[C@@H]1C(OC(=O)c2ccc(C)[nH]2)C[C@H](Oc2ccc3c(O)c(NC(=O)c4[nH]cc(C(=O)Nc5c(O)c6cc(O[C@H]7OC(C)(C)[C@H](OC)C(OC(=O)c8ccc(C)[nH]8)C7O)cc(Cl)c6oc5=O)c4C)c(=O)oc3c2)OC1(C)C. The minimum atomic E-state index is -1.64. The molecule has 0 spiro atoms. The third-order valence-corrected chi connectivity index (χ3v) is 13.7. The number of benzene rings is 2. The van der Waals surface area contributed by atoms with E-state index in [0.717, 1.165) is 11.9 Å². The van der Waals surface area contributed by atoms with Gasteiger partial charge in [-0.2, -0.15) is 0 Å². The molecule has 2 fully saturated rings. The first-order valence-corrected chi connectivity index (χ1v) is 24.5. The Balaban J connectivity index is 0.888. The maximum absolute atomic E-state index is 13.7. The van der Waals surface area contributed by atoms with Crippen molar-refractivity contribution in [3.8, 4) is 23.0 Å². The van der Waals surface area contributed by atoms with E-state index in [9.17, 15) is 44.1 Å². The maximum atomic E-state index is 13.7. The number of anilines is 2. The Bertz CT molecular complexity index is 3630. The minimum absolute atomic E-state index is 0.00560. The van der Waals surface area contributed by atoms with Gasteiger partial charge in [0, 0.05) is 50.4 Å². The van der Waals surface area contributed by atoms with E-state index in [1.807, 2.05) is 0 Å². The van der Waals surface area contributed by atoms with E-state index < -0.39 is 112 Å². The molecule has 9 rings (SSSR count). The second-order valence-corrected chi connectivity index (χ2v) is 20.1. The lowest BCUT2D eigenvalue weighted by atomic mass is 9.89. The van der Waals surface area contributed by atoms with Crippen LogP contribution in [0.15, 0.2) is 79.2 Å². The van der Waals surface area contributed by atoms with E-state index in [0.29, 0.717) is 5.69 Å². The number of hydrogen-bond donors (Lipinski definition) is 8. The molecule has 2 saturated heterocycles. The number of esters is 2. The number of nitrogens with one attached hydrogen (secondary N) is 5. The van der Waals surface area contributed by atoms with Crippen molar-refractivity contribution in [3.05, 3.63) is 126 Å². The van der Waals surface area contributed by atoms with Crippen LogP contribution in [-0.4, -0.2) is 123 Å². The van der Waals surface area contributed by atoms with Gasteiger partial charge < -0.3 is 87.6 Å². The first kappa shape index (κ1) is 54.7. The number of aromatic amines is 3. The molecular weight excluding hydrogens is 1050 g/mol. The monoisotopic (exact) mass is 1100 g/mol. The zero-order valence-electron chi connectivity index (χ0n) is 43.3. The Morgan fingerprint density at radius 2 is 1.32 bits per heavy atom. The summed E-state index contributed by atoms with van der Waals surface area (Å²) in [5, 5.41) is 38.4. The number of aliphatic hydroxyl groups is 1. The molecule has 25 heteroatoms. The van der Waals surface area contributed by atoms with Crippen molar-refractivity contribution in [2.45, 2.75) is 109 Å². The van der Waals surface area contributed by atoms with Gasteiger partial charge in [-0.1, -0.05) is 11.6 Å². The quantitative estimate of drug-likeness (QED) is 0.0418. The number of amides is 2. The molecule has 2 aliphatic heterocycles. The summed E-state index contributed by atoms with van der Waals surface area (Å²) in [7, 11) is 2.84. The van der Waals surface area contributed by atoms with Crippen molar-refractivity contribution >= 4 is 68.7 Å². The van der Waals surface area contributed by atoms with E-state index in [1.54, 1.807) is 59.7 Å². The largest absolute Gasteiger partial charge is 0.505 e. The van der Waals surface area contributed by atoms with E-state index in [2.05, 4.69) is 25.6 Å². The number of carbonyl (C=O) groups is 4. The number of aromatic nitrogens is 3. The predicted molar refractivity (Wildman–Crippen MR) is 276 cm³/mol. The van der Waals surface area contributed by atoms with Gasteiger partial charge in [0.05, 0.1) is 32.6 Å². The Morgan fingerprint density at radius 3 is 1.95 bits per heavy atom. The van der Waals surface area contributed by atoms with Crippen molar-refractivity contribution in [3.63, 3.8) is 0 Å². The number of aliphatic hydroxyl groups excluding tert-OH is 1. The minimum Gasteiger partial charge on any atom is -0.505 e. The van der Waals surface area contributed by atoms with Crippen molar-refractivity contribution < 1.29 is 81.2 Å². The summed E-state index contributed by atoms with van der Waals surface area (Å²) in [5.41, 5.74) is -4.92. The summed E-state index contributed by atoms with van der Waals surface area (Å²) in [6, 6.07) is 13.1. The number of rotatable bonds is 14. The topological polar surface area (TPSA) is 335 Å². The summed E-state index contributed by atoms with van der Waals surface area (Å²) in [6.07, 6.45) is -6.69. The first-order valence-electron chi connectivity index (χ1n) is 24.1. The number of methoxy groups -OCH3 is 2. The second-order valence-electron chi connectivity index (χ2n) is 19.7. The van der Waals surface area contributed by atoms with Gasteiger partial charge in [-0.25, -0.2) is 19.2 Å². The van der Waals surface area contributed by atoms with Crippen LogP contribution < -0.4 is 31.4 Å². The molecular formula is C53H54ClN5O19. The average molecular weight is 1100 g/mol. The highest BCUT2D eigenvalue weighted by atomic mass is 35.5. The molecule has 8 N–H and O–H groups in total. The fourth-order valence-corrected chi connectivity index (χ4v) is 9.88. The molecule has 3 unspecified atom stereocenters. The second kappa shape index (κ2) is 21.0. The maximum Gasteiger partial charge on any atom is 0.364 e. The molecule has 2 aromatic carbocycles. The lowest BCUT2D eigenvalue weighted by Gasteiger charge is -2.47. The Hall–Kier alpha value is -8.13. The molecule has 0 radical (unpaired) electrons. The third kappa shape index (κ3) is 10.5. The summed E-state index contributed by atoms with van der Waals surface area (Å²) in [6.45, 7) is 11.7. The van der Waals surface area contributed by atoms with Crippen LogP contribution in [0.4, 0.5) is 11.4 Å². The molecule has 2 amide bonds. The van der Waals surface area contributed by atoms with Crippen molar-refractivity contribution in [2.75, 3.05) is 24.9 Å². The molecule has 24 nitrogen and oxygen atoms in total. The van der Waals surface area contributed by atoms with Crippen LogP contribution in [0, 0.1) is 20.8 Å². The van der Waals surface area contributed by atoms with Crippen molar-refractivity contribution in [2.24, 2.45) is 0 Å². The molecule has 2 aliphatic rings. The number of H-pyrrole nitrogens is 3. The molecule has 0 bridgehead atoms. The van der Waals surface area contributed by atoms with E-state index in [-0.39, 0.29) is 73.1 Å². The number of hydrogen-bond acceptors (Lipinski definition) is 19. The Labute approximate surface area is 446 Å². The fourth-order valence-electron chi connectivity index (χ4n) is 9.64. The van der Waals surface area contributed by atoms with Crippen LogP contribution in [0.25, 0.3) is 21.9 Å². The van der Waals surface area contributed by atoms with Crippen molar-refractivity contribution in [1.29, 1.82) is 0 Å². The van der Waals surface area contributed by atoms with Crippen molar-refractivity contribution in [1.82, 2.24) is 15.0 Å². The molecule has 7 aromatic rings. The van der Waals surface area contributed by atoms with Gasteiger partial charge in [0.1, 0.15) is 52.5 Å². The number of aryl methyl sites for hydroxylation is 2. The highest BCUT2D eigenvalue weighted by Gasteiger charge is 2.53. The standard InChI is InChI=1S/C53H54ClN5O19/c1-21-10-14-30(56-21)47(65)74-33-19-34(77-52(4,5)43(33)69-8)71-24-12-13-26-32(18-24)73-49(67)36(38(26)60)59-46(64)35-23(3)28(20-55-35)45(63)58-37-39(61)27-16-25(17-29(54)41(27)75-50(37)68)72-51-40(62)42(44(70-9)53(6,7)78-51)76-48(66)31-15-11-22(2)57-31/h10-18,20,33-34,40,42-44,51,55-57,60-62H,19H2,1-9H3,(H,58,63)(H,59,64)/t33?,34-,40?,42?,43-,44-,51+/m1/s1. The van der Waals surface area contributed by atoms with Crippen LogP contribution in [0.3, 0.4) is 0 Å². The van der Waals surface area contributed by atoms with Crippen LogP contribution >= 0.6 is 11.6 Å². The lowest BCUT2D eigenvalue weighted by molar-refractivity contribution is -0.305. The first-order chi connectivity index (χ1) is 36.9. The smallest absolute Gasteiger partial charge is 0.364 e. The summed E-state index contributed by atoms with van der Waals surface area (Å²) in [4.78, 5) is 88.6. The molecule has 5 aromatic heterocycles. The average Bonchev–Trinajstić information content (AvgIpc) is 4.16.